The van der Waals surface area contributed by atoms with Gasteiger partial charge < -0.3 is 34.3 Å². The SMILES string of the molecule is COc1cc(C(=O)O)ccc1O[C@H](CO)C(=O)c1cc(OC)c(O)c(OC)c1. The maximum Gasteiger partial charge on any atom is 0.335 e. The number of Topliss-reactive ketones (excluding diaryl/α,β-unsaturated/α-hetero) is 1. The van der Waals surface area contributed by atoms with Crippen LogP contribution < -0.4 is 18.9 Å². The molecular weight excluding hydrogens is 372 g/mol. The molecule has 9 heteroatoms. The van der Waals surface area contributed by atoms with Crippen LogP contribution in [0.5, 0.6) is 28.7 Å². The summed E-state index contributed by atoms with van der Waals surface area (Å²) in [5.41, 5.74) is 0.0516. The molecule has 0 saturated carbocycles. The normalized spacial score (nSPS) is 11.4. The van der Waals surface area contributed by atoms with E-state index in [1.165, 1.54) is 51.7 Å². The summed E-state index contributed by atoms with van der Waals surface area (Å²) in [5, 5.41) is 28.6. The number of rotatable bonds is 9. The van der Waals surface area contributed by atoms with Crippen LogP contribution in [0.3, 0.4) is 0 Å². The maximum atomic E-state index is 12.8. The van der Waals surface area contributed by atoms with Crippen LogP contribution in [-0.2, 0) is 0 Å². The third-order valence-corrected chi connectivity index (χ3v) is 3.90. The lowest BCUT2D eigenvalue weighted by Gasteiger charge is -2.19. The lowest BCUT2D eigenvalue weighted by Crippen LogP contribution is -2.31. The molecule has 2 rings (SSSR count). The molecule has 0 aliphatic rings. The summed E-state index contributed by atoms with van der Waals surface area (Å²) in [6, 6.07) is 6.43. The average Bonchev–Trinajstić information content (AvgIpc) is 2.71. The highest BCUT2D eigenvalue weighted by molar-refractivity contribution is 6.01. The number of aromatic hydroxyl groups is 1. The van der Waals surface area contributed by atoms with Gasteiger partial charge in [-0.05, 0) is 30.3 Å². The standard InChI is InChI=1S/C19H20O9/c1-25-13-6-10(19(23)24)4-5-12(13)28-16(9-20)17(21)11-7-14(26-2)18(22)15(8-11)27-3/h4-8,16,20,22H,9H2,1-3H3,(H,23,24)/t16-/m1/s1. The topological polar surface area (TPSA) is 132 Å². The molecule has 28 heavy (non-hydrogen) atoms. The molecule has 2 aromatic rings. The van der Waals surface area contributed by atoms with Crippen molar-refractivity contribution in [3.05, 3.63) is 41.5 Å². The summed E-state index contributed by atoms with van der Waals surface area (Å²) in [6.07, 6.45) is -1.32. The van der Waals surface area contributed by atoms with Gasteiger partial charge in [0.15, 0.2) is 29.1 Å². The van der Waals surface area contributed by atoms with Gasteiger partial charge in [0.25, 0.3) is 0 Å². The number of carbonyl (C=O) groups excluding carboxylic acids is 1. The van der Waals surface area contributed by atoms with Crippen LogP contribution in [0.2, 0.25) is 0 Å². The lowest BCUT2D eigenvalue weighted by molar-refractivity contribution is 0.0646. The first-order valence-corrected chi connectivity index (χ1v) is 8.04. The van der Waals surface area contributed by atoms with Gasteiger partial charge in [0.1, 0.15) is 0 Å². The van der Waals surface area contributed by atoms with Gasteiger partial charge in [0, 0.05) is 5.56 Å². The van der Waals surface area contributed by atoms with Crippen LogP contribution in [0.1, 0.15) is 20.7 Å². The molecule has 0 radical (unpaired) electrons. The molecule has 0 saturated heterocycles. The highest BCUT2D eigenvalue weighted by atomic mass is 16.5. The van der Waals surface area contributed by atoms with Gasteiger partial charge in [-0.15, -0.1) is 0 Å². The zero-order valence-corrected chi connectivity index (χ0v) is 15.5. The summed E-state index contributed by atoms with van der Waals surface area (Å²) < 4.78 is 20.7. The first kappa shape index (κ1) is 20.8. The smallest absolute Gasteiger partial charge is 0.335 e. The van der Waals surface area contributed by atoms with Crippen molar-refractivity contribution in [3.63, 3.8) is 0 Å². The number of benzene rings is 2. The largest absolute Gasteiger partial charge is 0.502 e. The Balaban J connectivity index is 2.36. The number of methoxy groups -OCH3 is 3. The predicted molar refractivity (Wildman–Crippen MR) is 97.0 cm³/mol. The molecule has 0 aliphatic carbocycles. The van der Waals surface area contributed by atoms with Gasteiger partial charge in [-0.25, -0.2) is 4.79 Å². The van der Waals surface area contributed by atoms with Crippen molar-refractivity contribution in [2.75, 3.05) is 27.9 Å². The predicted octanol–water partition coefficient (Wildman–Crippen LogP) is 1.74. The third kappa shape index (κ3) is 4.26. The fourth-order valence-electron chi connectivity index (χ4n) is 2.45. The molecule has 0 amide bonds. The molecule has 1 atom stereocenters. The Morgan fingerprint density at radius 2 is 1.43 bits per heavy atom. The summed E-state index contributed by atoms with van der Waals surface area (Å²) >= 11 is 0. The van der Waals surface area contributed by atoms with Gasteiger partial charge in [-0.3, -0.25) is 4.79 Å². The van der Waals surface area contributed by atoms with Crippen LogP contribution in [-0.4, -0.2) is 61.1 Å². The van der Waals surface area contributed by atoms with E-state index in [1.54, 1.807) is 0 Å². The molecule has 0 heterocycles. The molecule has 3 N–H and O–H groups in total. The molecule has 0 fully saturated rings. The first-order valence-electron chi connectivity index (χ1n) is 8.04. The van der Waals surface area contributed by atoms with Gasteiger partial charge in [-0.1, -0.05) is 0 Å². The lowest BCUT2D eigenvalue weighted by atomic mass is 10.0. The van der Waals surface area contributed by atoms with Crippen molar-refractivity contribution >= 4 is 11.8 Å². The molecule has 0 aliphatic heterocycles. The third-order valence-electron chi connectivity index (χ3n) is 3.90. The Morgan fingerprint density at radius 3 is 1.89 bits per heavy atom. The zero-order valence-electron chi connectivity index (χ0n) is 15.5. The summed E-state index contributed by atoms with van der Waals surface area (Å²) in [4.78, 5) is 23.9. The number of phenolic OH excluding ortho intramolecular Hbond substituents is 1. The van der Waals surface area contributed by atoms with Crippen LogP contribution >= 0.6 is 0 Å². The summed E-state index contributed by atoms with van der Waals surface area (Å²) in [5.74, 6) is -1.82. The molecule has 0 unspecified atom stereocenters. The van der Waals surface area contributed by atoms with Crippen molar-refractivity contribution in [2.24, 2.45) is 0 Å². The second-order valence-corrected chi connectivity index (χ2v) is 5.55. The van der Waals surface area contributed by atoms with E-state index in [2.05, 4.69) is 0 Å². The molecule has 0 spiro atoms. The van der Waals surface area contributed by atoms with Crippen molar-refractivity contribution in [1.82, 2.24) is 0 Å². The molecular formula is C19H20O9. The number of ether oxygens (including phenoxy) is 4. The van der Waals surface area contributed by atoms with Crippen molar-refractivity contribution in [1.29, 1.82) is 0 Å². The Hall–Kier alpha value is -3.46. The minimum Gasteiger partial charge on any atom is -0.502 e. The molecule has 0 aromatic heterocycles. The fourth-order valence-corrected chi connectivity index (χ4v) is 2.45. The average molecular weight is 392 g/mol. The molecule has 9 nitrogen and oxygen atoms in total. The van der Waals surface area contributed by atoms with Gasteiger partial charge in [0.05, 0.1) is 33.5 Å². The van der Waals surface area contributed by atoms with E-state index >= 15 is 0 Å². The maximum absolute atomic E-state index is 12.8. The van der Waals surface area contributed by atoms with Crippen molar-refractivity contribution in [3.8, 4) is 28.7 Å². The highest BCUT2D eigenvalue weighted by Crippen LogP contribution is 2.37. The van der Waals surface area contributed by atoms with Crippen molar-refractivity contribution in [2.45, 2.75) is 6.10 Å². The van der Waals surface area contributed by atoms with Crippen LogP contribution in [0.4, 0.5) is 0 Å². The number of carbonyl (C=O) groups is 2. The molecule has 150 valence electrons. The second-order valence-electron chi connectivity index (χ2n) is 5.55. The van der Waals surface area contributed by atoms with Gasteiger partial charge in [-0.2, -0.15) is 0 Å². The Bertz CT molecular complexity index is 851. The Morgan fingerprint density at radius 1 is 0.893 bits per heavy atom. The highest BCUT2D eigenvalue weighted by Gasteiger charge is 2.25. The number of aliphatic hydroxyl groups is 1. The van der Waals surface area contributed by atoms with E-state index in [0.717, 1.165) is 0 Å². The van der Waals surface area contributed by atoms with Crippen molar-refractivity contribution < 1.29 is 43.9 Å². The number of phenols is 1. The Kier molecular flexibility index (Phi) is 6.67. The van der Waals surface area contributed by atoms with Crippen LogP contribution in [0.25, 0.3) is 0 Å². The van der Waals surface area contributed by atoms with Crippen LogP contribution in [0.15, 0.2) is 30.3 Å². The minimum atomic E-state index is -1.32. The fraction of sp³-hybridized carbons (Fsp3) is 0.263. The number of aliphatic hydroxyl groups excluding tert-OH is 1. The van der Waals surface area contributed by atoms with E-state index < -0.39 is 24.5 Å². The minimum absolute atomic E-state index is 0.0165. The number of aromatic carboxylic acids is 1. The van der Waals surface area contributed by atoms with E-state index in [9.17, 15) is 19.8 Å². The van der Waals surface area contributed by atoms with E-state index in [0.29, 0.717) is 0 Å². The van der Waals surface area contributed by atoms with Gasteiger partial charge in [0.2, 0.25) is 11.5 Å². The molecule has 2 aromatic carbocycles. The number of carboxylic acid groups (broad SMARTS) is 1. The summed E-state index contributed by atoms with van der Waals surface area (Å²) in [7, 11) is 3.95. The number of hydrogen-bond acceptors (Lipinski definition) is 8. The van der Waals surface area contributed by atoms with E-state index in [1.807, 2.05) is 0 Å². The monoisotopic (exact) mass is 392 g/mol. The molecule has 0 bridgehead atoms. The van der Waals surface area contributed by atoms with E-state index in [-0.39, 0.29) is 39.9 Å². The number of ketones is 1. The zero-order chi connectivity index (χ0) is 20.8. The van der Waals surface area contributed by atoms with Gasteiger partial charge >= 0.3 is 5.97 Å². The van der Waals surface area contributed by atoms with E-state index in [4.69, 9.17) is 24.1 Å². The number of hydrogen-bond donors (Lipinski definition) is 3. The second kappa shape index (κ2) is 8.96. The Labute approximate surface area is 160 Å². The first-order chi connectivity index (χ1) is 13.4. The quantitative estimate of drug-likeness (QED) is 0.546. The summed E-state index contributed by atoms with van der Waals surface area (Å²) in [6.45, 7) is -0.659. The number of carboxylic acids is 1. The van der Waals surface area contributed by atoms with Crippen LogP contribution in [0, 0.1) is 0 Å².